The zero-order valence-electron chi connectivity index (χ0n) is 8.68. The summed E-state index contributed by atoms with van der Waals surface area (Å²) in [7, 11) is 0. The summed E-state index contributed by atoms with van der Waals surface area (Å²) in [6.45, 7) is 3.33. The van der Waals surface area contributed by atoms with Crippen molar-refractivity contribution in [1.82, 2.24) is 0 Å². The van der Waals surface area contributed by atoms with E-state index >= 15 is 0 Å². The van der Waals surface area contributed by atoms with Crippen LogP contribution in [0, 0.1) is 0 Å². The Labute approximate surface area is 93.1 Å². The van der Waals surface area contributed by atoms with E-state index in [1.54, 1.807) is 13.8 Å². The standard InChI is InChI=1S/C11H14O3S/c1-7(12)9-4-3-5-10(6-9)15-8(2)11(13)14/h3-8,12H,1-2H3,(H,13,14). The molecule has 0 fully saturated rings. The number of aliphatic hydroxyl groups is 1. The van der Waals surface area contributed by atoms with Crippen molar-refractivity contribution in [3.8, 4) is 0 Å². The van der Waals surface area contributed by atoms with Crippen LogP contribution in [0.25, 0.3) is 0 Å². The van der Waals surface area contributed by atoms with Gasteiger partial charge in [-0.1, -0.05) is 12.1 Å². The SMILES string of the molecule is CC(Sc1cccc(C(C)O)c1)C(=O)O. The Bertz CT molecular complexity index is 349. The van der Waals surface area contributed by atoms with Gasteiger partial charge in [0.05, 0.1) is 6.10 Å². The molecular weight excluding hydrogens is 212 g/mol. The Morgan fingerprint density at radius 1 is 1.40 bits per heavy atom. The number of thioether (sulfide) groups is 1. The van der Waals surface area contributed by atoms with Crippen molar-refractivity contribution in [1.29, 1.82) is 0 Å². The quantitative estimate of drug-likeness (QED) is 0.773. The lowest BCUT2D eigenvalue weighted by Gasteiger charge is -2.09. The summed E-state index contributed by atoms with van der Waals surface area (Å²) in [6, 6.07) is 7.30. The lowest BCUT2D eigenvalue weighted by molar-refractivity contribution is -0.136. The molecule has 2 atom stereocenters. The number of carboxylic acids is 1. The van der Waals surface area contributed by atoms with Gasteiger partial charge < -0.3 is 10.2 Å². The zero-order valence-corrected chi connectivity index (χ0v) is 9.49. The normalized spacial score (nSPS) is 14.6. The molecule has 0 aliphatic carbocycles. The van der Waals surface area contributed by atoms with Gasteiger partial charge in [0.25, 0.3) is 0 Å². The minimum absolute atomic E-state index is 0.478. The molecule has 3 nitrogen and oxygen atoms in total. The Morgan fingerprint density at radius 3 is 2.60 bits per heavy atom. The largest absolute Gasteiger partial charge is 0.480 e. The van der Waals surface area contributed by atoms with Gasteiger partial charge in [0.2, 0.25) is 0 Å². The Hall–Kier alpha value is -1.00. The van der Waals surface area contributed by atoms with E-state index in [4.69, 9.17) is 5.11 Å². The summed E-state index contributed by atoms with van der Waals surface area (Å²) in [5.74, 6) is -0.831. The highest BCUT2D eigenvalue weighted by molar-refractivity contribution is 8.00. The third kappa shape index (κ3) is 3.57. The smallest absolute Gasteiger partial charge is 0.316 e. The van der Waals surface area contributed by atoms with Crippen molar-refractivity contribution in [2.75, 3.05) is 0 Å². The number of hydrogen-bond acceptors (Lipinski definition) is 3. The van der Waals surface area contributed by atoms with Gasteiger partial charge in [0, 0.05) is 4.90 Å². The molecule has 0 radical (unpaired) electrons. The average molecular weight is 226 g/mol. The van der Waals surface area contributed by atoms with Crippen LogP contribution in [0.5, 0.6) is 0 Å². The maximum absolute atomic E-state index is 10.7. The third-order valence-electron chi connectivity index (χ3n) is 2.00. The van der Waals surface area contributed by atoms with Crippen LogP contribution in [0.1, 0.15) is 25.5 Å². The highest BCUT2D eigenvalue weighted by atomic mass is 32.2. The number of aliphatic hydroxyl groups excluding tert-OH is 1. The minimum atomic E-state index is -0.831. The van der Waals surface area contributed by atoms with Crippen LogP contribution in [0.4, 0.5) is 0 Å². The molecule has 0 heterocycles. The Morgan fingerprint density at radius 2 is 2.07 bits per heavy atom. The minimum Gasteiger partial charge on any atom is -0.480 e. The van der Waals surface area contributed by atoms with E-state index in [9.17, 15) is 9.90 Å². The number of aliphatic carboxylic acids is 1. The fourth-order valence-electron chi connectivity index (χ4n) is 1.10. The van der Waals surface area contributed by atoms with Crippen molar-refractivity contribution in [2.45, 2.75) is 30.1 Å². The molecule has 0 bridgehead atoms. The lowest BCUT2D eigenvalue weighted by atomic mass is 10.1. The molecule has 0 saturated carbocycles. The molecule has 82 valence electrons. The fraction of sp³-hybridized carbons (Fsp3) is 0.364. The van der Waals surface area contributed by atoms with E-state index in [0.29, 0.717) is 0 Å². The van der Waals surface area contributed by atoms with Crippen molar-refractivity contribution in [3.63, 3.8) is 0 Å². The molecule has 0 spiro atoms. The zero-order chi connectivity index (χ0) is 11.4. The Balaban J connectivity index is 2.78. The topological polar surface area (TPSA) is 57.5 Å². The van der Waals surface area contributed by atoms with Gasteiger partial charge in [0.15, 0.2) is 0 Å². The highest BCUT2D eigenvalue weighted by Gasteiger charge is 2.12. The molecule has 1 rings (SSSR count). The molecule has 15 heavy (non-hydrogen) atoms. The van der Waals surface area contributed by atoms with Crippen LogP contribution in [-0.4, -0.2) is 21.4 Å². The molecule has 1 aromatic carbocycles. The van der Waals surface area contributed by atoms with E-state index in [1.165, 1.54) is 11.8 Å². The summed E-state index contributed by atoms with van der Waals surface area (Å²) in [5.41, 5.74) is 0.803. The molecular formula is C11H14O3S. The first-order chi connectivity index (χ1) is 7.00. The summed E-state index contributed by atoms with van der Waals surface area (Å²) in [6.07, 6.45) is -0.523. The first kappa shape index (κ1) is 12.1. The fourth-order valence-corrected chi connectivity index (χ4v) is 1.97. The van der Waals surface area contributed by atoms with E-state index in [1.807, 2.05) is 24.3 Å². The molecule has 2 N–H and O–H groups in total. The van der Waals surface area contributed by atoms with Gasteiger partial charge in [-0.05, 0) is 31.5 Å². The lowest BCUT2D eigenvalue weighted by Crippen LogP contribution is -2.11. The molecule has 0 aliphatic rings. The van der Waals surface area contributed by atoms with Crippen molar-refractivity contribution in [2.24, 2.45) is 0 Å². The number of benzene rings is 1. The van der Waals surface area contributed by atoms with E-state index < -0.39 is 17.3 Å². The first-order valence-electron chi connectivity index (χ1n) is 4.68. The molecule has 2 unspecified atom stereocenters. The summed E-state index contributed by atoms with van der Waals surface area (Å²) in [5, 5.41) is 17.6. The molecule has 1 aromatic rings. The Kier molecular flexibility index (Phi) is 4.17. The van der Waals surface area contributed by atoms with Crippen LogP contribution in [-0.2, 0) is 4.79 Å². The van der Waals surface area contributed by atoms with Crippen LogP contribution in [0.2, 0.25) is 0 Å². The second-order valence-corrected chi connectivity index (χ2v) is 4.76. The van der Waals surface area contributed by atoms with Crippen LogP contribution in [0.15, 0.2) is 29.2 Å². The maximum atomic E-state index is 10.7. The van der Waals surface area contributed by atoms with Gasteiger partial charge in [0.1, 0.15) is 5.25 Å². The van der Waals surface area contributed by atoms with Gasteiger partial charge >= 0.3 is 5.97 Å². The number of hydrogen-bond donors (Lipinski definition) is 2. The van der Waals surface area contributed by atoms with Crippen LogP contribution < -0.4 is 0 Å². The predicted molar refractivity (Wildman–Crippen MR) is 60.0 cm³/mol. The first-order valence-corrected chi connectivity index (χ1v) is 5.56. The number of carboxylic acid groups (broad SMARTS) is 1. The number of rotatable bonds is 4. The van der Waals surface area contributed by atoms with E-state index in [-0.39, 0.29) is 0 Å². The number of carbonyl (C=O) groups is 1. The molecule has 0 aromatic heterocycles. The summed E-state index contributed by atoms with van der Waals surface area (Å²) in [4.78, 5) is 11.5. The molecule has 0 saturated heterocycles. The monoisotopic (exact) mass is 226 g/mol. The highest BCUT2D eigenvalue weighted by Crippen LogP contribution is 2.25. The van der Waals surface area contributed by atoms with Crippen molar-refractivity contribution < 1.29 is 15.0 Å². The second kappa shape index (κ2) is 5.19. The molecule has 0 aliphatic heterocycles. The van der Waals surface area contributed by atoms with Crippen molar-refractivity contribution >= 4 is 17.7 Å². The van der Waals surface area contributed by atoms with Crippen LogP contribution in [0.3, 0.4) is 0 Å². The summed E-state index contributed by atoms with van der Waals surface area (Å²) >= 11 is 1.27. The van der Waals surface area contributed by atoms with Gasteiger partial charge in [-0.2, -0.15) is 0 Å². The van der Waals surface area contributed by atoms with Gasteiger partial charge in [-0.15, -0.1) is 11.8 Å². The second-order valence-electron chi connectivity index (χ2n) is 3.35. The summed E-state index contributed by atoms with van der Waals surface area (Å²) < 4.78 is 0. The maximum Gasteiger partial charge on any atom is 0.316 e. The molecule has 4 heteroatoms. The van der Waals surface area contributed by atoms with Crippen LogP contribution >= 0.6 is 11.8 Å². The predicted octanol–water partition coefficient (Wildman–Crippen LogP) is 2.31. The average Bonchev–Trinajstić information content (AvgIpc) is 2.18. The van der Waals surface area contributed by atoms with Gasteiger partial charge in [-0.3, -0.25) is 4.79 Å². The third-order valence-corrected chi connectivity index (χ3v) is 3.08. The van der Waals surface area contributed by atoms with Gasteiger partial charge in [-0.25, -0.2) is 0 Å². The van der Waals surface area contributed by atoms with E-state index in [2.05, 4.69) is 0 Å². The van der Waals surface area contributed by atoms with Crippen molar-refractivity contribution in [3.05, 3.63) is 29.8 Å². The van der Waals surface area contributed by atoms with E-state index in [0.717, 1.165) is 10.5 Å². The molecule has 0 amide bonds.